The van der Waals surface area contributed by atoms with Gasteiger partial charge in [-0.3, -0.25) is 4.99 Å². The fourth-order valence-electron chi connectivity index (χ4n) is 3.30. The molecule has 0 radical (unpaired) electrons. The van der Waals surface area contributed by atoms with Crippen molar-refractivity contribution in [3.05, 3.63) is 29.3 Å². The number of rotatable bonds is 8. The Morgan fingerprint density at radius 2 is 2.15 bits per heavy atom. The Bertz CT molecular complexity index is 601. The van der Waals surface area contributed by atoms with Gasteiger partial charge in [0.1, 0.15) is 5.75 Å². The van der Waals surface area contributed by atoms with Gasteiger partial charge in [0.15, 0.2) is 5.96 Å². The molecule has 154 valence electrons. The molecule has 27 heavy (non-hydrogen) atoms. The summed E-state index contributed by atoms with van der Waals surface area (Å²) in [6.45, 7) is 5.95. The van der Waals surface area contributed by atoms with Crippen molar-refractivity contribution >= 4 is 29.9 Å². The average molecular weight is 496 g/mol. The molecule has 8 heteroatoms. The Labute approximate surface area is 178 Å². The highest BCUT2D eigenvalue weighted by atomic mass is 127. The lowest BCUT2D eigenvalue weighted by Gasteiger charge is -2.18. The molecule has 1 fully saturated rings. The lowest BCUT2D eigenvalue weighted by Crippen LogP contribution is -2.40. The maximum atomic E-state index is 12.6. The Kier molecular flexibility index (Phi) is 10.9. The number of hydrogen-bond donors (Lipinski definition) is 2. The molecule has 1 atom stereocenters. The number of hydrogen-bond acceptors (Lipinski definition) is 3. The number of nitrogens with one attached hydrogen (secondary N) is 2. The molecule has 0 spiro atoms. The maximum Gasteiger partial charge on any atom is 0.387 e. The number of halogens is 3. The van der Waals surface area contributed by atoms with Crippen molar-refractivity contribution in [2.24, 2.45) is 10.9 Å². The van der Waals surface area contributed by atoms with E-state index < -0.39 is 6.61 Å². The van der Waals surface area contributed by atoms with Gasteiger partial charge in [0, 0.05) is 32.2 Å². The van der Waals surface area contributed by atoms with E-state index >= 15 is 0 Å². The van der Waals surface area contributed by atoms with Gasteiger partial charge in [-0.15, -0.1) is 24.0 Å². The van der Waals surface area contributed by atoms with Gasteiger partial charge in [-0.2, -0.15) is 8.78 Å². The topological polar surface area (TPSA) is 48.9 Å². The molecule has 0 saturated carbocycles. The van der Waals surface area contributed by atoms with Crippen LogP contribution in [0.5, 0.6) is 5.75 Å². The lowest BCUT2D eigenvalue weighted by atomic mass is 10.1. The summed E-state index contributed by atoms with van der Waals surface area (Å²) in [5, 5.41) is 6.53. The van der Waals surface area contributed by atoms with Crippen LogP contribution < -0.4 is 15.4 Å². The summed E-state index contributed by atoms with van der Waals surface area (Å²) in [4.78, 5) is 6.71. The predicted octanol–water partition coefficient (Wildman–Crippen LogP) is 3.61. The summed E-state index contributed by atoms with van der Waals surface area (Å²) in [5.41, 5.74) is 1.68. The monoisotopic (exact) mass is 496 g/mol. The highest BCUT2D eigenvalue weighted by Gasteiger charge is 2.21. The number of likely N-dealkylation sites (tertiary alicyclic amines) is 1. The second-order valence-electron chi connectivity index (χ2n) is 6.75. The quantitative estimate of drug-likeness (QED) is 0.328. The number of nitrogens with zero attached hydrogens (tertiary/aromatic N) is 2. The van der Waals surface area contributed by atoms with E-state index in [-0.39, 0.29) is 29.7 Å². The number of alkyl halides is 2. The van der Waals surface area contributed by atoms with Crippen LogP contribution >= 0.6 is 24.0 Å². The molecule has 1 aromatic carbocycles. The van der Waals surface area contributed by atoms with E-state index in [0.717, 1.165) is 31.7 Å². The van der Waals surface area contributed by atoms with Crippen molar-refractivity contribution in [3.63, 3.8) is 0 Å². The Balaban J connectivity index is 0.00000364. The Morgan fingerprint density at radius 1 is 1.37 bits per heavy atom. The minimum absolute atomic E-state index is 0. The maximum absolute atomic E-state index is 12.6. The van der Waals surface area contributed by atoms with Crippen molar-refractivity contribution in [2.75, 3.05) is 33.2 Å². The molecule has 1 heterocycles. The number of aryl methyl sites for hydroxylation is 1. The summed E-state index contributed by atoms with van der Waals surface area (Å²) in [6.07, 6.45) is 2.37. The molecule has 5 nitrogen and oxygen atoms in total. The van der Waals surface area contributed by atoms with Crippen LogP contribution in [0.1, 0.15) is 30.9 Å². The fourth-order valence-corrected chi connectivity index (χ4v) is 3.30. The van der Waals surface area contributed by atoms with Gasteiger partial charge in [-0.25, -0.2) is 0 Å². The zero-order valence-corrected chi connectivity index (χ0v) is 18.6. The zero-order valence-electron chi connectivity index (χ0n) is 16.3. The molecule has 0 aliphatic carbocycles. The van der Waals surface area contributed by atoms with Gasteiger partial charge >= 0.3 is 6.61 Å². The van der Waals surface area contributed by atoms with Crippen LogP contribution in [0, 0.1) is 12.8 Å². The fraction of sp³-hybridized carbons (Fsp3) is 0.632. The third kappa shape index (κ3) is 8.16. The van der Waals surface area contributed by atoms with Crippen molar-refractivity contribution in [2.45, 2.75) is 39.8 Å². The predicted molar refractivity (Wildman–Crippen MR) is 116 cm³/mol. The van der Waals surface area contributed by atoms with Crippen molar-refractivity contribution in [1.29, 1.82) is 0 Å². The van der Waals surface area contributed by atoms with Crippen molar-refractivity contribution in [1.82, 2.24) is 15.5 Å². The van der Waals surface area contributed by atoms with Crippen LogP contribution in [0.3, 0.4) is 0 Å². The van der Waals surface area contributed by atoms with Crippen LogP contribution in [-0.4, -0.2) is 50.7 Å². The molecule has 0 amide bonds. The van der Waals surface area contributed by atoms with E-state index in [1.54, 1.807) is 19.2 Å². The molecule has 0 aromatic heterocycles. The van der Waals surface area contributed by atoms with Crippen LogP contribution in [0.2, 0.25) is 0 Å². The molecular formula is C19H31F2IN4O. The molecule has 1 unspecified atom stereocenters. The first kappa shape index (κ1) is 23.9. The van der Waals surface area contributed by atoms with Gasteiger partial charge in [0.05, 0.1) is 0 Å². The SMILES string of the molecule is CCCN1CCC(CNC(=NC)NCc2cc(C)ccc2OC(F)F)C1.I. The van der Waals surface area contributed by atoms with Gasteiger partial charge in [-0.05, 0) is 44.8 Å². The first-order chi connectivity index (χ1) is 12.5. The van der Waals surface area contributed by atoms with Crippen molar-refractivity contribution in [3.8, 4) is 5.75 Å². The molecule has 2 rings (SSSR count). The second kappa shape index (κ2) is 12.3. The first-order valence-corrected chi connectivity index (χ1v) is 9.23. The highest BCUT2D eigenvalue weighted by molar-refractivity contribution is 14.0. The van der Waals surface area contributed by atoms with Gasteiger partial charge in [0.25, 0.3) is 0 Å². The van der Waals surface area contributed by atoms with E-state index in [1.807, 2.05) is 13.0 Å². The summed E-state index contributed by atoms with van der Waals surface area (Å²) >= 11 is 0. The summed E-state index contributed by atoms with van der Waals surface area (Å²) in [7, 11) is 1.71. The molecule has 1 saturated heterocycles. The van der Waals surface area contributed by atoms with Crippen LogP contribution in [0.4, 0.5) is 8.78 Å². The Hall–Kier alpha value is -1.16. The minimum atomic E-state index is -2.83. The van der Waals surface area contributed by atoms with E-state index in [1.165, 1.54) is 12.8 Å². The largest absolute Gasteiger partial charge is 0.434 e. The van der Waals surface area contributed by atoms with Gasteiger partial charge in [0.2, 0.25) is 0 Å². The molecule has 1 aliphatic heterocycles. The third-order valence-corrected chi connectivity index (χ3v) is 4.57. The van der Waals surface area contributed by atoms with E-state index in [2.05, 4.69) is 32.2 Å². The number of benzene rings is 1. The third-order valence-electron chi connectivity index (χ3n) is 4.57. The van der Waals surface area contributed by atoms with E-state index in [0.29, 0.717) is 24.0 Å². The Morgan fingerprint density at radius 3 is 2.81 bits per heavy atom. The van der Waals surface area contributed by atoms with Crippen LogP contribution in [0.15, 0.2) is 23.2 Å². The summed E-state index contributed by atoms with van der Waals surface area (Å²) < 4.78 is 29.7. The zero-order chi connectivity index (χ0) is 18.9. The number of aliphatic imine (C=N–C) groups is 1. The van der Waals surface area contributed by atoms with E-state index in [4.69, 9.17) is 0 Å². The standard InChI is InChI=1S/C19H30F2N4O.HI/c1-4-8-25-9-7-15(13-25)11-23-19(22-3)24-12-16-10-14(2)5-6-17(16)26-18(20)21;/h5-6,10,15,18H,4,7-9,11-13H2,1-3H3,(H2,22,23,24);1H. The molecule has 1 aromatic rings. The van der Waals surface area contributed by atoms with Gasteiger partial charge < -0.3 is 20.3 Å². The minimum Gasteiger partial charge on any atom is -0.434 e. The first-order valence-electron chi connectivity index (χ1n) is 9.23. The van der Waals surface area contributed by atoms with Crippen LogP contribution in [-0.2, 0) is 6.54 Å². The summed E-state index contributed by atoms with van der Waals surface area (Å²) in [5.74, 6) is 1.47. The second-order valence-corrected chi connectivity index (χ2v) is 6.75. The number of ether oxygens (including phenoxy) is 1. The smallest absolute Gasteiger partial charge is 0.387 e. The molecule has 2 N–H and O–H groups in total. The lowest BCUT2D eigenvalue weighted by molar-refractivity contribution is -0.0504. The molecule has 0 bridgehead atoms. The van der Waals surface area contributed by atoms with E-state index in [9.17, 15) is 8.78 Å². The normalized spacial score (nSPS) is 17.7. The van der Waals surface area contributed by atoms with Crippen LogP contribution in [0.25, 0.3) is 0 Å². The average Bonchev–Trinajstić information content (AvgIpc) is 3.05. The van der Waals surface area contributed by atoms with Crippen molar-refractivity contribution < 1.29 is 13.5 Å². The molecular weight excluding hydrogens is 465 g/mol. The molecule has 1 aliphatic rings. The van der Waals surface area contributed by atoms with Gasteiger partial charge in [-0.1, -0.05) is 24.6 Å². The highest BCUT2D eigenvalue weighted by Crippen LogP contribution is 2.22. The number of guanidine groups is 1. The summed E-state index contributed by atoms with van der Waals surface area (Å²) in [6, 6.07) is 5.18.